The Kier molecular flexibility index (Phi) is 5.17. The summed E-state index contributed by atoms with van der Waals surface area (Å²) in [6, 6.07) is 4.03. The maximum Gasteiger partial charge on any atom is 0.228 e. The third-order valence-corrected chi connectivity index (χ3v) is 4.10. The lowest BCUT2D eigenvalue weighted by molar-refractivity contribution is -0.141. The fourth-order valence-corrected chi connectivity index (χ4v) is 2.61. The van der Waals surface area contributed by atoms with E-state index in [1.54, 1.807) is 19.5 Å². The molecule has 5 heteroatoms. The maximum atomic E-state index is 12.6. The van der Waals surface area contributed by atoms with Crippen LogP contribution >= 0.6 is 0 Å². The van der Waals surface area contributed by atoms with Crippen LogP contribution in [0.25, 0.3) is 0 Å². The molecule has 5 nitrogen and oxygen atoms in total. The van der Waals surface area contributed by atoms with E-state index in [-0.39, 0.29) is 11.3 Å². The molecule has 1 aromatic heterocycles. The number of aromatic nitrogens is 1. The number of piperazine rings is 1. The van der Waals surface area contributed by atoms with Crippen LogP contribution in [0.3, 0.4) is 0 Å². The van der Waals surface area contributed by atoms with Crippen LogP contribution in [0.15, 0.2) is 24.5 Å². The zero-order valence-electron chi connectivity index (χ0n) is 13.2. The highest BCUT2D eigenvalue weighted by Crippen LogP contribution is 2.25. The minimum absolute atomic E-state index is 0.230. The van der Waals surface area contributed by atoms with Gasteiger partial charge in [0.1, 0.15) is 0 Å². The molecule has 0 unspecified atom stereocenters. The molecule has 0 aliphatic carbocycles. The van der Waals surface area contributed by atoms with Crippen LogP contribution in [-0.4, -0.2) is 55.7 Å². The van der Waals surface area contributed by atoms with Crippen molar-refractivity contribution in [2.75, 3.05) is 44.8 Å². The third-order valence-electron chi connectivity index (χ3n) is 4.10. The number of pyridine rings is 1. The fourth-order valence-electron chi connectivity index (χ4n) is 2.61. The van der Waals surface area contributed by atoms with Crippen LogP contribution in [0.5, 0.6) is 0 Å². The highest BCUT2D eigenvalue weighted by molar-refractivity contribution is 5.82. The first-order valence-electron chi connectivity index (χ1n) is 7.48. The average Bonchev–Trinajstić information content (AvgIpc) is 2.53. The number of hydrogen-bond acceptors (Lipinski definition) is 4. The molecule has 1 aromatic rings. The molecule has 0 spiro atoms. The Morgan fingerprint density at radius 3 is 2.43 bits per heavy atom. The molecular weight excluding hydrogens is 266 g/mol. The van der Waals surface area contributed by atoms with Crippen molar-refractivity contribution in [1.29, 1.82) is 0 Å². The minimum Gasteiger partial charge on any atom is -0.385 e. The third kappa shape index (κ3) is 3.94. The molecule has 0 aromatic carbocycles. The van der Waals surface area contributed by atoms with E-state index < -0.39 is 0 Å². The summed E-state index contributed by atoms with van der Waals surface area (Å²) in [7, 11) is 1.67. The van der Waals surface area contributed by atoms with Gasteiger partial charge in [-0.2, -0.15) is 0 Å². The molecule has 0 bridgehead atoms. The van der Waals surface area contributed by atoms with E-state index in [9.17, 15) is 4.79 Å². The molecule has 1 aliphatic heterocycles. The zero-order chi connectivity index (χ0) is 15.3. The van der Waals surface area contributed by atoms with Gasteiger partial charge in [0.25, 0.3) is 0 Å². The largest absolute Gasteiger partial charge is 0.385 e. The Hall–Kier alpha value is -1.62. The number of ether oxygens (including phenoxy) is 1. The molecule has 2 heterocycles. The van der Waals surface area contributed by atoms with Gasteiger partial charge in [-0.1, -0.05) is 13.8 Å². The van der Waals surface area contributed by atoms with E-state index in [0.717, 1.165) is 32.6 Å². The summed E-state index contributed by atoms with van der Waals surface area (Å²) in [5, 5.41) is 0. The number of amides is 1. The van der Waals surface area contributed by atoms with Gasteiger partial charge >= 0.3 is 0 Å². The van der Waals surface area contributed by atoms with Crippen LogP contribution in [0.4, 0.5) is 5.69 Å². The van der Waals surface area contributed by atoms with Gasteiger partial charge < -0.3 is 14.5 Å². The molecule has 0 radical (unpaired) electrons. The monoisotopic (exact) mass is 291 g/mol. The Bertz CT molecular complexity index is 454. The van der Waals surface area contributed by atoms with Gasteiger partial charge in [0.15, 0.2) is 0 Å². The molecular formula is C16H25N3O2. The zero-order valence-corrected chi connectivity index (χ0v) is 13.2. The average molecular weight is 291 g/mol. The minimum atomic E-state index is -0.352. The van der Waals surface area contributed by atoms with Crippen molar-refractivity contribution in [2.24, 2.45) is 5.41 Å². The van der Waals surface area contributed by atoms with Crippen LogP contribution in [0.2, 0.25) is 0 Å². The van der Waals surface area contributed by atoms with Crippen molar-refractivity contribution in [3.63, 3.8) is 0 Å². The van der Waals surface area contributed by atoms with Crippen molar-refractivity contribution in [3.05, 3.63) is 24.5 Å². The molecule has 2 rings (SSSR count). The number of methoxy groups -OCH3 is 1. The van der Waals surface area contributed by atoms with Crippen LogP contribution in [0, 0.1) is 5.41 Å². The second-order valence-corrected chi connectivity index (χ2v) is 6.11. The molecule has 0 atom stereocenters. The van der Waals surface area contributed by atoms with E-state index in [1.165, 1.54) is 5.69 Å². The van der Waals surface area contributed by atoms with Crippen molar-refractivity contribution in [3.8, 4) is 0 Å². The molecule has 0 saturated carbocycles. The van der Waals surface area contributed by atoms with E-state index in [2.05, 4.69) is 9.88 Å². The van der Waals surface area contributed by atoms with Crippen molar-refractivity contribution >= 4 is 11.6 Å². The van der Waals surface area contributed by atoms with E-state index in [1.807, 2.05) is 30.9 Å². The molecule has 1 fully saturated rings. The summed E-state index contributed by atoms with van der Waals surface area (Å²) < 4.78 is 5.11. The number of carbonyl (C=O) groups excluding carboxylic acids is 1. The quantitative estimate of drug-likeness (QED) is 0.830. The highest BCUT2D eigenvalue weighted by atomic mass is 16.5. The van der Waals surface area contributed by atoms with E-state index in [0.29, 0.717) is 6.61 Å². The van der Waals surface area contributed by atoms with Crippen LogP contribution < -0.4 is 4.90 Å². The molecule has 116 valence electrons. The molecule has 1 saturated heterocycles. The van der Waals surface area contributed by atoms with E-state index in [4.69, 9.17) is 4.74 Å². The Labute approximate surface area is 126 Å². The first kappa shape index (κ1) is 15.8. The predicted molar refractivity (Wildman–Crippen MR) is 83.3 cm³/mol. The van der Waals surface area contributed by atoms with Gasteiger partial charge in [-0.3, -0.25) is 9.78 Å². The van der Waals surface area contributed by atoms with Gasteiger partial charge in [-0.15, -0.1) is 0 Å². The summed E-state index contributed by atoms with van der Waals surface area (Å²) >= 11 is 0. The normalized spacial score (nSPS) is 16.1. The van der Waals surface area contributed by atoms with Gasteiger partial charge in [0.2, 0.25) is 5.91 Å². The SMILES string of the molecule is COCCC(C)(C)C(=O)N1CCN(c2ccncc2)CC1. The van der Waals surface area contributed by atoms with Gasteiger partial charge in [0.05, 0.1) is 0 Å². The molecule has 1 amide bonds. The first-order chi connectivity index (χ1) is 10.0. The topological polar surface area (TPSA) is 45.7 Å². The summed E-state index contributed by atoms with van der Waals surface area (Å²) in [6.45, 7) is 7.92. The summed E-state index contributed by atoms with van der Waals surface area (Å²) in [5.74, 6) is 0.230. The number of nitrogens with zero attached hydrogens (tertiary/aromatic N) is 3. The van der Waals surface area contributed by atoms with Crippen molar-refractivity contribution in [1.82, 2.24) is 9.88 Å². The van der Waals surface area contributed by atoms with Crippen molar-refractivity contribution < 1.29 is 9.53 Å². The molecule has 21 heavy (non-hydrogen) atoms. The predicted octanol–water partition coefficient (Wildman–Crippen LogP) is 1.79. The highest BCUT2D eigenvalue weighted by Gasteiger charge is 2.33. The first-order valence-corrected chi connectivity index (χ1v) is 7.48. The summed E-state index contributed by atoms with van der Waals surface area (Å²) in [5.41, 5.74) is 0.824. The second-order valence-electron chi connectivity index (χ2n) is 6.11. The lowest BCUT2D eigenvalue weighted by atomic mass is 9.87. The van der Waals surface area contributed by atoms with Gasteiger partial charge in [0, 0.05) is 63.4 Å². The number of carbonyl (C=O) groups is 1. The Morgan fingerprint density at radius 2 is 1.86 bits per heavy atom. The lowest BCUT2D eigenvalue weighted by Gasteiger charge is -2.39. The summed E-state index contributed by atoms with van der Waals surface area (Å²) in [4.78, 5) is 20.9. The Morgan fingerprint density at radius 1 is 1.24 bits per heavy atom. The number of hydrogen-bond donors (Lipinski definition) is 0. The van der Waals surface area contributed by atoms with E-state index >= 15 is 0 Å². The smallest absolute Gasteiger partial charge is 0.228 e. The van der Waals surface area contributed by atoms with Crippen LogP contribution in [0.1, 0.15) is 20.3 Å². The van der Waals surface area contributed by atoms with Gasteiger partial charge in [-0.25, -0.2) is 0 Å². The number of rotatable bonds is 5. The lowest BCUT2D eigenvalue weighted by Crippen LogP contribution is -2.52. The molecule has 0 N–H and O–H groups in total. The maximum absolute atomic E-state index is 12.6. The second kappa shape index (κ2) is 6.89. The molecule has 1 aliphatic rings. The van der Waals surface area contributed by atoms with Crippen LogP contribution in [-0.2, 0) is 9.53 Å². The van der Waals surface area contributed by atoms with Crippen molar-refractivity contribution in [2.45, 2.75) is 20.3 Å². The Balaban J connectivity index is 1.90. The fraction of sp³-hybridized carbons (Fsp3) is 0.625. The standard InChI is InChI=1S/C16H25N3O2/c1-16(2,6-13-21-3)15(20)19-11-9-18(10-12-19)14-4-7-17-8-5-14/h4-5,7-8H,6,9-13H2,1-3H3. The van der Waals surface area contributed by atoms with Gasteiger partial charge in [-0.05, 0) is 18.6 Å². The summed E-state index contributed by atoms with van der Waals surface area (Å²) in [6.07, 6.45) is 4.37. The number of anilines is 1.